The highest BCUT2D eigenvalue weighted by Gasteiger charge is 2.12. The van der Waals surface area contributed by atoms with Crippen LogP contribution in [0.5, 0.6) is 0 Å². The number of nitrogens with zero attached hydrogens (tertiary/aromatic N) is 3. The first-order valence-electron chi connectivity index (χ1n) is 5.06. The molecule has 0 saturated carbocycles. The van der Waals surface area contributed by atoms with Crippen LogP contribution in [0.3, 0.4) is 0 Å². The van der Waals surface area contributed by atoms with Crippen molar-refractivity contribution in [3.05, 3.63) is 36.2 Å². The van der Waals surface area contributed by atoms with Gasteiger partial charge in [0.15, 0.2) is 0 Å². The molecule has 19 heavy (non-hydrogen) atoms. The molecule has 0 atom stereocenters. The summed E-state index contributed by atoms with van der Waals surface area (Å²) >= 11 is 0. The van der Waals surface area contributed by atoms with Gasteiger partial charge in [-0.15, -0.1) is 0 Å². The number of aromatic nitrogens is 3. The molecule has 2 aromatic rings. The lowest BCUT2D eigenvalue weighted by molar-refractivity contribution is 0.483. The highest BCUT2D eigenvalue weighted by Crippen LogP contribution is 2.22. The van der Waals surface area contributed by atoms with Crippen LogP contribution in [0.2, 0.25) is 0 Å². The third-order valence-corrected chi connectivity index (χ3v) is 3.15. The number of hydrogen-bond donors (Lipinski definition) is 2. The molecule has 0 aliphatic rings. The molecule has 0 unspecified atom stereocenters. The summed E-state index contributed by atoms with van der Waals surface area (Å²) in [4.78, 5) is 9.99. The van der Waals surface area contributed by atoms with Gasteiger partial charge in [0, 0.05) is 5.69 Å². The molecular formula is C10H9FN4O3S. The molecule has 100 valence electrons. The predicted octanol–water partition coefficient (Wildman–Crippen LogP) is 1.31. The minimum absolute atomic E-state index is 0.0666. The zero-order chi connectivity index (χ0) is 14.0. The van der Waals surface area contributed by atoms with Crippen molar-refractivity contribution in [2.24, 2.45) is 0 Å². The van der Waals surface area contributed by atoms with Gasteiger partial charge in [0.05, 0.1) is 4.90 Å². The minimum atomic E-state index is -4.31. The summed E-state index contributed by atoms with van der Waals surface area (Å²) < 4.78 is 43.8. The van der Waals surface area contributed by atoms with E-state index < -0.39 is 16.2 Å². The monoisotopic (exact) mass is 284 g/mol. The largest absolute Gasteiger partial charge is 0.324 e. The Hall–Kier alpha value is -2.13. The van der Waals surface area contributed by atoms with Gasteiger partial charge < -0.3 is 5.32 Å². The van der Waals surface area contributed by atoms with E-state index in [0.29, 0.717) is 11.3 Å². The number of hydrogen-bond acceptors (Lipinski definition) is 6. The Labute approximate surface area is 108 Å². The Kier molecular flexibility index (Phi) is 3.40. The predicted molar refractivity (Wildman–Crippen MR) is 64.1 cm³/mol. The number of halogens is 1. The highest BCUT2D eigenvalue weighted by molar-refractivity contribution is 7.85. The second-order valence-electron chi connectivity index (χ2n) is 3.65. The summed E-state index contributed by atoms with van der Waals surface area (Å²) in [7, 11) is -4.31. The maximum atomic E-state index is 12.8. The number of anilines is 2. The molecule has 1 heterocycles. The van der Waals surface area contributed by atoms with Crippen molar-refractivity contribution < 1.29 is 17.4 Å². The Morgan fingerprint density at radius 3 is 2.68 bits per heavy atom. The van der Waals surface area contributed by atoms with Crippen molar-refractivity contribution in [3.63, 3.8) is 0 Å². The topological polar surface area (TPSA) is 105 Å². The summed E-state index contributed by atoms with van der Waals surface area (Å²) in [6, 6.07) is 3.94. The van der Waals surface area contributed by atoms with Crippen LogP contribution in [0.1, 0.15) is 5.56 Å². The zero-order valence-electron chi connectivity index (χ0n) is 9.70. The van der Waals surface area contributed by atoms with E-state index >= 15 is 0 Å². The lowest BCUT2D eigenvalue weighted by atomic mass is 10.2. The standard InChI is InChI=1S/C10H9FN4O3S/c1-6-2-3-7(19(16,17)18)4-8(6)14-10-13-5-12-9(11)15-10/h2-5H,1H3,(H,16,17,18)(H,12,13,14,15). The van der Waals surface area contributed by atoms with Gasteiger partial charge >= 0.3 is 6.08 Å². The van der Waals surface area contributed by atoms with E-state index in [1.165, 1.54) is 18.2 Å². The van der Waals surface area contributed by atoms with Gasteiger partial charge in [-0.1, -0.05) is 6.07 Å². The Bertz CT molecular complexity index is 720. The number of nitrogens with one attached hydrogen (secondary N) is 1. The summed E-state index contributed by atoms with van der Waals surface area (Å²) in [6.45, 7) is 1.70. The van der Waals surface area contributed by atoms with E-state index in [1.807, 2.05) is 0 Å². The van der Waals surface area contributed by atoms with E-state index in [1.54, 1.807) is 6.92 Å². The fourth-order valence-corrected chi connectivity index (χ4v) is 1.86. The molecule has 0 aliphatic heterocycles. The van der Waals surface area contributed by atoms with Gasteiger partial charge in [0.1, 0.15) is 6.33 Å². The van der Waals surface area contributed by atoms with Crippen molar-refractivity contribution in [1.82, 2.24) is 15.0 Å². The molecule has 9 heteroatoms. The smallest absolute Gasteiger partial charge is 0.313 e. The number of aryl methyl sites for hydroxylation is 1. The normalized spacial score (nSPS) is 11.3. The molecule has 2 rings (SSSR count). The molecule has 0 fully saturated rings. The van der Waals surface area contributed by atoms with Gasteiger partial charge in [-0.25, -0.2) is 4.98 Å². The average molecular weight is 284 g/mol. The number of benzene rings is 1. The first kappa shape index (κ1) is 13.3. The van der Waals surface area contributed by atoms with Crippen molar-refractivity contribution in [3.8, 4) is 0 Å². The minimum Gasteiger partial charge on any atom is -0.324 e. The number of rotatable bonds is 3. The molecule has 0 saturated heterocycles. The Morgan fingerprint density at radius 1 is 1.32 bits per heavy atom. The van der Waals surface area contributed by atoms with Crippen LogP contribution in [0.4, 0.5) is 16.0 Å². The molecule has 0 spiro atoms. The van der Waals surface area contributed by atoms with Crippen LogP contribution in [-0.4, -0.2) is 27.9 Å². The fourth-order valence-electron chi connectivity index (χ4n) is 1.35. The van der Waals surface area contributed by atoms with E-state index in [0.717, 1.165) is 6.33 Å². The third kappa shape index (κ3) is 3.20. The highest BCUT2D eigenvalue weighted by atomic mass is 32.2. The molecule has 0 amide bonds. The maximum Gasteiger partial charge on any atom is 0.313 e. The second-order valence-corrected chi connectivity index (χ2v) is 5.08. The van der Waals surface area contributed by atoms with Gasteiger partial charge in [0.2, 0.25) is 5.95 Å². The summed E-state index contributed by atoms with van der Waals surface area (Å²) in [5.74, 6) is -0.0666. The quantitative estimate of drug-likeness (QED) is 0.818. The summed E-state index contributed by atoms with van der Waals surface area (Å²) in [5, 5.41) is 2.65. The van der Waals surface area contributed by atoms with Crippen molar-refractivity contribution in [1.29, 1.82) is 0 Å². The molecule has 2 N–H and O–H groups in total. The van der Waals surface area contributed by atoms with Crippen LogP contribution in [0, 0.1) is 13.0 Å². The first-order valence-corrected chi connectivity index (χ1v) is 6.50. The van der Waals surface area contributed by atoms with Crippen LogP contribution in [0.25, 0.3) is 0 Å². The van der Waals surface area contributed by atoms with Crippen LogP contribution < -0.4 is 5.32 Å². The van der Waals surface area contributed by atoms with Crippen molar-refractivity contribution in [2.45, 2.75) is 11.8 Å². The van der Waals surface area contributed by atoms with E-state index in [2.05, 4.69) is 20.3 Å². The third-order valence-electron chi connectivity index (χ3n) is 2.30. The van der Waals surface area contributed by atoms with Gasteiger partial charge in [0.25, 0.3) is 10.1 Å². The zero-order valence-corrected chi connectivity index (χ0v) is 10.5. The lowest BCUT2D eigenvalue weighted by Gasteiger charge is -2.08. The average Bonchev–Trinajstić information content (AvgIpc) is 2.30. The second kappa shape index (κ2) is 4.86. The summed E-state index contributed by atoms with van der Waals surface area (Å²) in [6.07, 6.45) is 0.0215. The van der Waals surface area contributed by atoms with E-state index in [4.69, 9.17) is 4.55 Å². The van der Waals surface area contributed by atoms with Crippen molar-refractivity contribution in [2.75, 3.05) is 5.32 Å². The lowest BCUT2D eigenvalue weighted by Crippen LogP contribution is -2.04. The van der Waals surface area contributed by atoms with Gasteiger partial charge in [-0.3, -0.25) is 4.55 Å². The molecule has 7 nitrogen and oxygen atoms in total. The van der Waals surface area contributed by atoms with Crippen LogP contribution in [0.15, 0.2) is 29.4 Å². The van der Waals surface area contributed by atoms with E-state index in [-0.39, 0.29) is 10.8 Å². The summed E-state index contributed by atoms with van der Waals surface area (Å²) in [5.41, 5.74) is 1.01. The molecular weight excluding hydrogens is 275 g/mol. The van der Waals surface area contributed by atoms with Crippen molar-refractivity contribution >= 4 is 21.8 Å². The van der Waals surface area contributed by atoms with Crippen LogP contribution in [-0.2, 0) is 10.1 Å². The Morgan fingerprint density at radius 2 is 2.05 bits per heavy atom. The van der Waals surface area contributed by atoms with Gasteiger partial charge in [-0.2, -0.15) is 22.8 Å². The van der Waals surface area contributed by atoms with E-state index in [9.17, 15) is 12.8 Å². The fraction of sp³-hybridized carbons (Fsp3) is 0.100. The molecule has 0 aliphatic carbocycles. The van der Waals surface area contributed by atoms with Gasteiger partial charge in [-0.05, 0) is 24.6 Å². The van der Waals surface area contributed by atoms with Crippen LogP contribution >= 0.6 is 0 Å². The molecule has 0 bridgehead atoms. The maximum absolute atomic E-state index is 12.8. The Balaban J connectivity index is 2.40. The molecule has 1 aromatic heterocycles. The molecule has 1 aromatic carbocycles. The molecule has 0 radical (unpaired) electrons. The SMILES string of the molecule is Cc1ccc(S(=O)(=O)O)cc1Nc1ncnc(F)n1. The first-order chi connectivity index (χ1) is 8.86.